The maximum Gasteiger partial charge on any atom is 0.307 e. The molecular formula is C24H31O4P. The summed E-state index contributed by atoms with van der Waals surface area (Å²) in [6.45, 7) is 4.35. The lowest BCUT2D eigenvalue weighted by atomic mass is 9.96. The Hall–Kier alpha value is -2.19. The predicted molar refractivity (Wildman–Crippen MR) is 120 cm³/mol. The van der Waals surface area contributed by atoms with Gasteiger partial charge in [-0.05, 0) is 72.9 Å². The first kappa shape index (κ1) is 21.5. The van der Waals surface area contributed by atoms with Gasteiger partial charge in [-0.3, -0.25) is 4.57 Å². The van der Waals surface area contributed by atoms with Crippen molar-refractivity contribution in [2.24, 2.45) is 0 Å². The number of unbranched alkanes of at least 4 members (excludes halogenated alkanes) is 2. The van der Waals surface area contributed by atoms with E-state index < -0.39 is 7.37 Å². The number of hydrogen-bond donors (Lipinski definition) is 0. The number of benzene rings is 2. The van der Waals surface area contributed by atoms with E-state index in [1.165, 1.54) is 5.57 Å². The minimum atomic E-state index is -3.25. The van der Waals surface area contributed by atoms with E-state index in [1.54, 1.807) is 14.2 Å². The summed E-state index contributed by atoms with van der Waals surface area (Å²) >= 11 is 0. The van der Waals surface area contributed by atoms with E-state index in [4.69, 9.17) is 14.0 Å². The van der Waals surface area contributed by atoms with E-state index in [1.807, 2.05) is 42.5 Å². The molecule has 1 atom stereocenters. The molecule has 0 N–H and O–H groups in total. The molecule has 1 aliphatic rings. The van der Waals surface area contributed by atoms with Crippen LogP contribution in [0.1, 0.15) is 57.9 Å². The third-order valence-corrected chi connectivity index (χ3v) is 7.85. The number of rotatable bonds is 9. The summed E-state index contributed by atoms with van der Waals surface area (Å²) < 4.78 is 31.5. The summed E-state index contributed by atoms with van der Waals surface area (Å²) in [6, 6.07) is 13.2. The molecule has 0 spiro atoms. The van der Waals surface area contributed by atoms with Crippen LogP contribution in [0.3, 0.4) is 0 Å². The van der Waals surface area contributed by atoms with Crippen molar-refractivity contribution in [1.82, 2.24) is 0 Å². The second-order valence-corrected chi connectivity index (χ2v) is 9.62. The van der Waals surface area contributed by atoms with Gasteiger partial charge in [0.2, 0.25) is 0 Å². The van der Waals surface area contributed by atoms with Crippen LogP contribution in [-0.2, 0) is 9.09 Å². The van der Waals surface area contributed by atoms with Crippen LogP contribution in [0.25, 0.3) is 5.57 Å². The number of allylic oxidation sites excluding steroid dienone is 2. The van der Waals surface area contributed by atoms with Crippen LogP contribution >= 0.6 is 7.37 Å². The standard InChI is InChI=1S/C24H31O4P/c1-5-7-9-21-22-17-19(27-4)13-16-24(22)29(25,28-23(21)10-8-6-2)20-14-11-18(26-3)12-15-20/h11-17H,5-10H2,1-4H3. The van der Waals surface area contributed by atoms with E-state index in [9.17, 15) is 4.57 Å². The first-order valence-electron chi connectivity index (χ1n) is 10.4. The average molecular weight is 414 g/mol. The molecule has 5 heteroatoms. The first-order valence-corrected chi connectivity index (χ1v) is 12.0. The van der Waals surface area contributed by atoms with Gasteiger partial charge in [0.25, 0.3) is 0 Å². The van der Waals surface area contributed by atoms with E-state index in [0.29, 0.717) is 5.30 Å². The Kier molecular flexibility index (Phi) is 7.08. The molecule has 2 aromatic carbocycles. The summed E-state index contributed by atoms with van der Waals surface area (Å²) in [7, 11) is 0.0394. The number of ether oxygens (including phenoxy) is 2. The Morgan fingerprint density at radius 1 is 0.862 bits per heavy atom. The lowest BCUT2D eigenvalue weighted by molar-refractivity contribution is 0.395. The quantitative estimate of drug-likeness (QED) is 0.468. The van der Waals surface area contributed by atoms with Crippen molar-refractivity contribution in [1.29, 1.82) is 0 Å². The van der Waals surface area contributed by atoms with E-state index >= 15 is 0 Å². The zero-order chi connectivity index (χ0) is 20.9. The highest BCUT2D eigenvalue weighted by molar-refractivity contribution is 7.74. The zero-order valence-electron chi connectivity index (χ0n) is 17.9. The highest BCUT2D eigenvalue weighted by Gasteiger charge is 2.38. The number of fused-ring (bicyclic) bond motifs is 1. The molecular weight excluding hydrogens is 383 g/mol. The van der Waals surface area contributed by atoms with Gasteiger partial charge < -0.3 is 14.0 Å². The fourth-order valence-corrected chi connectivity index (χ4v) is 6.00. The zero-order valence-corrected chi connectivity index (χ0v) is 18.8. The highest BCUT2D eigenvalue weighted by atomic mass is 31.2. The Labute approximate surface area is 174 Å². The Morgan fingerprint density at radius 3 is 2.10 bits per heavy atom. The lowest BCUT2D eigenvalue weighted by Crippen LogP contribution is -2.25. The Bertz CT molecular complexity index is 915. The summed E-state index contributed by atoms with van der Waals surface area (Å²) in [4.78, 5) is 0. The molecule has 0 aromatic heterocycles. The third-order valence-electron chi connectivity index (χ3n) is 5.37. The van der Waals surface area contributed by atoms with Crippen LogP contribution in [0.4, 0.5) is 0 Å². The van der Waals surface area contributed by atoms with Crippen LogP contribution in [-0.4, -0.2) is 14.2 Å². The van der Waals surface area contributed by atoms with Crippen molar-refractivity contribution in [3.63, 3.8) is 0 Å². The van der Waals surface area contributed by atoms with E-state index in [-0.39, 0.29) is 0 Å². The normalized spacial score (nSPS) is 18.2. The molecule has 1 unspecified atom stereocenters. The predicted octanol–water partition coefficient (Wildman–Crippen LogP) is 6.05. The molecule has 0 saturated heterocycles. The summed E-state index contributed by atoms with van der Waals surface area (Å²) in [6.07, 6.45) is 5.95. The van der Waals surface area contributed by atoms with Crippen molar-refractivity contribution in [2.75, 3.05) is 14.2 Å². The Morgan fingerprint density at radius 2 is 1.48 bits per heavy atom. The molecule has 1 heterocycles. The largest absolute Gasteiger partial charge is 0.497 e. The molecule has 4 nitrogen and oxygen atoms in total. The molecule has 0 aliphatic carbocycles. The van der Waals surface area contributed by atoms with E-state index in [2.05, 4.69) is 13.8 Å². The fourth-order valence-electron chi connectivity index (χ4n) is 3.68. The maximum absolute atomic E-state index is 14.3. The number of hydrogen-bond acceptors (Lipinski definition) is 4. The van der Waals surface area contributed by atoms with Crippen molar-refractivity contribution < 1.29 is 18.6 Å². The van der Waals surface area contributed by atoms with Crippen molar-refractivity contribution >= 4 is 23.6 Å². The highest BCUT2D eigenvalue weighted by Crippen LogP contribution is 2.54. The molecule has 0 saturated carbocycles. The molecule has 3 rings (SSSR count). The second kappa shape index (κ2) is 9.54. The average Bonchev–Trinajstić information content (AvgIpc) is 2.76. The second-order valence-electron chi connectivity index (χ2n) is 7.33. The van der Waals surface area contributed by atoms with Crippen LogP contribution in [0.15, 0.2) is 48.2 Å². The lowest BCUT2D eigenvalue weighted by Gasteiger charge is -2.31. The summed E-state index contributed by atoms with van der Waals surface area (Å²) in [5, 5.41) is 1.45. The van der Waals surface area contributed by atoms with E-state index in [0.717, 1.165) is 66.7 Å². The molecule has 29 heavy (non-hydrogen) atoms. The first-order chi connectivity index (χ1) is 14.1. The molecule has 2 aromatic rings. The van der Waals surface area contributed by atoms with Gasteiger partial charge in [-0.15, -0.1) is 0 Å². The van der Waals surface area contributed by atoms with Gasteiger partial charge in [-0.25, -0.2) is 0 Å². The SMILES string of the molecule is CCCCC1=C(CCCC)c2cc(OC)ccc2P(=O)(c2ccc(OC)cc2)O1. The van der Waals surface area contributed by atoms with Gasteiger partial charge in [0, 0.05) is 6.42 Å². The van der Waals surface area contributed by atoms with Gasteiger partial charge in [0.05, 0.1) is 24.8 Å². The molecule has 156 valence electrons. The van der Waals surface area contributed by atoms with Gasteiger partial charge in [-0.2, -0.15) is 0 Å². The summed E-state index contributed by atoms with van der Waals surface area (Å²) in [5.74, 6) is 2.38. The number of methoxy groups -OCH3 is 2. The van der Waals surface area contributed by atoms with Crippen molar-refractivity contribution in [3.8, 4) is 11.5 Å². The van der Waals surface area contributed by atoms with Gasteiger partial charge in [0.1, 0.15) is 17.3 Å². The van der Waals surface area contributed by atoms with Gasteiger partial charge in [0.15, 0.2) is 0 Å². The van der Waals surface area contributed by atoms with Crippen molar-refractivity contribution in [2.45, 2.75) is 52.4 Å². The molecule has 0 fully saturated rings. The maximum atomic E-state index is 14.3. The van der Waals surface area contributed by atoms with Gasteiger partial charge >= 0.3 is 7.37 Å². The van der Waals surface area contributed by atoms with Crippen LogP contribution in [0.5, 0.6) is 11.5 Å². The smallest absolute Gasteiger partial charge is 0.307 e. The summed E-state index contributed by atoms with van der Waals surface area (Å²) in [5.41, 5.74) is 2.18. The topological polar surface area (TPSA) is 44.8 Å². The fraction of sp³-hybridized carbons (Fsp3) is 0.417. The monoisotopic (exact) mass is 414 g/mol. The van der Waals surface area contributed by atoms with Crippen LogP contribution < -0.4 is 20.1 Å². The van der Waals surface area contributed by atoms with Crippen LogP contribution in [0.2, 0.25) is 0 Å². The molecule has 0 amide bonds. The third kappa shape index (κ3) is 4.38. The minimum absolute atomic E-state index is 0.688. The van der Waals surface area contributed by atoms with Gasteiger partial charge in [-0.1, -0.05) is 26.7 Å². The molecule has 0 bridgehead atoms. The van der Waals surface area contributed by atoms with Crippen molar-refractivity contribution in [3.05, 3.63) is 53.8 Å². The minimum Gasteiger partial charge on any atom is -0.497 e. The van der Waals surface area contributed by atoms with Crippen LogP contribution in [0, 0.1) is 0 Å². The molecule has 0 radical (unpaired) electrons. The Balaban J connectivity index is 2.18. The molecule has 1 aliphatic heterocycles.